The summed E-state index contributed by atoms with van der Waals surface area (Å²) >= 11 is 6.35. The predicted molar refractivity (Wildman–Crippen MR) is 178 cm³/mol. The molecule has 1 N–H and O–H groups in total. The van der Waals surface area contributed by atoms with Crippen molar-refractivity contribution in [3.8, 4) is 5.75 Å². The molecule has 0 saturated heterocycles. The minimum Gasteiger partial charge on any atom is -0.495 e. The van der Waals surface area contributed by atoms with Crippen LogP contribution in [0.1, 0.15) is 29.2 Å². The van der Waals surface area contributed by atoms with E-state index in [-0.39, 0.29) is 40.2 Å². The Morgan fingerprint density at radius 1 is 0.911 bits per heavy atom. The van der Waals surface area contributed by atoms with E-state index in [0.29, 0.717) is 6.54 Å². The van der Waals surface area contributed by atoms with Gasteiger partial charge in [0.05, 0.1) is 17.7 Å². The van der Waals surface area contributed by atoms with Gasteiger partial charge in [0.25, 0.3) is 10.0 Å². The third-order valence-electron chi connectivity index (χ3n) is 7.52. The third kappa shape index (κ3) is 8.23. The van der Waals surface area contributed by atoms with Gasteiger partial charge in [0.15, 0.2) is 0 Å². The molecule has 0 spiro atoms. The normalized spacial score (nSPS) is 11.8. The van der Waals surface area contributed by atoms with E-state index < -0.39 is 28.5 Å². The smallest absolute Gasteiger partial charge is 0.264 e. The topological polar surface area (TPSA) is 96.0 Å². The molecule has 0 radical (unpaired) electrons. The zero-order valence-electron chi connectivity index (χ0n) is 25.9. The fourth-order valence-corrected chi connectivity index (χ4v) is 6.61. The number of likely N-dealkylation sites (N-methyl/N-ethyl adjacent to an activating group) is 1. The van der Waals surface area contributed by atoms with E-state index in [1.807, 2.05) is 75.4 Å². The predicted octanol–water partition coefficient (Wildman–Crippen LogP) is 5.94. The third-order valence-corrected chi connectivity index (χ3v) is 9.53. The van der Waals surface area contributed by atoms with Crippen molar-refractivity contribution in [3.63, 3.8) is 0 Å². The average Bonchev–Trinajstić information content (AvgIpc) is 3.03. The van der Waals surface area contributed by atoms with Crippen molar-refractivity contribution in [2.45, 2.75) is 44.7 Å². The molecule has 2 amide bonds. The second-order valence-corrected chi connectivity index (χ2v) is 13.0. The van der Waals surface area contributed by atoms with E-state index in [0.717, 1.165) is 26.6 Å². The van der Waals surface area contributed by atoms with Gasteiger partial charge in [0.1, 0.15) is 18.3 Å². The van der Waals surface area contributed by atoms with Gasteiger partial charge in [-0.05, 0) is 67.8 Å². The number of halogens is 1. The summed E-state index contributed by atoms with van der Waals surface area (Å²) in [6.45, 7) is 5.45. The molecule has 0 fully saturated rings. The van der Waals surface area contributed by atoms with Crippen molar-refractivity contribution < 1.29 is 22.7 Å². The van der Waals surface area contributed by atoms with Gasteiger partial charge in [-0.1, -0.05) is 83.9 Å². The molecule has 0 saturated carbocycles. The molecule has 1 unspecified atom stereocenters. The number of carbonyl (C=O) groups excluding carboxylic acids is 2. The number of nitrogens with one attached hydrogen (secondary N) is 1. The van der Waals surface area contributed by atoms with Gasteiger partial charge >= 0.3 is 0 Å². The van der Waals surface area contributed by atoms with Crippen LogP contribution in [0.2, 0.25) is 5.02 Å². The minimum atomic E-state index is -4.30. The average molecular weight is 648 g/mol. The molecule has 0 aliphatic heterocycles. The summed E-state index contributed by atoms with van der Waals surface area (Å²) in [7, 11) is -2.88. The Hall–Kier alpha value is -4.34. The van der Waals surface area contributed by atoms with Gasteiger partial charge < -0.3 is 15.0 Å². The number of rotatable bonds is 13. The van der Waals surface area contributed by atoms with Crippen molar-refractivity contribution in [2.75, 3.05) is 24.5 Å². The quantitative estimate of drug-likeness (QED) is 0.194. The van der Waals surface area contributed by atoms with Crippen LogP contribution in [0.3, 0.4) is 0 Å². The van der Waals surface area contributed by atoms with Crippen LogP contribution in [-0.2, 0) is 32.6 Å². The fraction of sp³-hybridized carbons (Fsp3) is 0.257. The van der Waals surface area contributed by atoms with Gasteiger partial charge in [-0.3, -0.25) is 13.9 Å². The number of hydrogen-bond donors (Lipinski definition) is 1. The lowest BCUT2D eigenvalue weighted by Crippen LogP contribution is -2.53. The molecular formula is C35H38ClN3O5S. The second-order valence-electron chi connectivity index (χ2n) is 10.7. The Morgan fingerprint density at radius 3 is 2.22 bits per heavy atom. The molecule has 8 nitrogen and oxygen atoms in total. The van der Waals surface area contributed by atoms with E-state index in [9.17, 15) is 18.0 Å². The van der Waals surface area contributed by atoms with E-state index in [2.05, 4.69) is 5.32 Å². The van der Waals surface area contributed by atoms with Crippen LogP contribution in [0.5, 0.6) is 5.75 Å². The first-order valence-corrected chi connectivity index (χ1v) is 16.5. The second kappa shape index (κ2) is 15.1. The van der Waals surface area contributed by atoms with E-state index in [4.69, 9.17) is 16.3 Å². The van der Waals surface area contributed by atoms with Crippen molar-refractivity contribution >= 4 is 39.1 Å². The standard InChI is InChI=1S/C35H38ClN3O5S/c1-5-37-35(41)32(21-27-12-7-6-8-13-27)38(23-28-14-10-9-11-26(28)3)34(40)24-39(31-22-29(36)17-20-33(31)44-4)45(42,43)30-18-15-25(2)16-19-30/h6-20,22,32H,5,21,23-24H2,1-4H3,(H,37,41). The summed E-state index contributed by atoms with van der Waals surface area (Å²) in [5.41, 5.74) is 3.61. The van der Waals surface area contributed by atoms with Crippen LogP contribution in [0.15, 0.2) is 102 Å². The Kier molecular flexibility index (Phi) is 11.3. The molecule has 45 heavy (non-hydrogen) atoms. The molecule has 0 heterocycles. The number of nitrogens with zero attached hydrogens (tertiary/aromatic N) is 2. The van der Waals surface area contributed by atoms with Crippen LogP contribution >= 0.6 is 11.6 Å². The van der Waals surface area contributed by atoms with Crippen LogP contribution in [-0.4, -0.2) is 51.4 Å². The van der Waals surface area contributed by atoms with Crippen molar-refractivity contribution in [3.05, 3.63) is 124 Å². The first kappa shape index (κ1) is 33.6. The van der Waals surface area contributed by atoms with Crippen molar-refractivity contribution in [2.24, 2.45) is 0 Å². The highest BCUT2D eigenvalue weighted by Crippen LogP contribution is 2.35. The Labute approximate surface area is 270 Å². The summed E-state index contributed by atoms with van der Waals surface area (Å²) in [5.74, 6) is -0.683. The fourth-order valence-electron chi connectivity index (χ4n) is 5.03. The molecule has 0 bridgehead atoms. The van der Waals surface area contributed by atoms with Crippen LogP contribution in [0.25, 0.3) is 0 Å². The molecule has 1 atom stereocenters. The Bertz CT molecular complexity index is 1730. The van der Waals surface area contributed by atoms with Gasteiger partial charge in [0, 0.05) is 24.5 Å². The maximum Gasteiger partial charge on any atom is 0.264 e. The first-order chi connectivity index (χ1) is 21.5. The number of sulfonamides is 1. The molecule has 0 aliphatic carbocycles. The summed E-state index contributed by atoms with van der Waals surface area (Å²) in [4.78, 5) is 29.7. The van der Waals surface area contributed by atoms with Crippen LogP contribution < -0.4 is 14.4 Å². The van der Waals surface area contributed by atoms with Gasteiger partial charge in [-0.2, -0.15) is 0 Å². The largest absolute Gasteiger partial charge is 0.495 e. The van der Waals surface area contributed by atoms with Crippen molar-refractivity contribution in [1.82, 2.24) is 10.2 Å². The summed E-state index contributed by atoms with van der Waals surface area (Å²) in [6.07, 6.45) is 0.232. The molecule has 4 aromatic rings. The number of ether oxygens (including phenoxy) is 1. The van der Waals surface area contributed by atoms with Crippen LogP contribution in [0, 0.1) is 13.8 Å². The lowest BCUT2D eigenvalue weighted by atomic mass is 10.0. The molecule has 4 aromatic carbocycles. The lowest BCUT2D eigenvalue weighted by molar-refractivity contribution is -0.140. The minimum absolute atomic E-state index is 0.00190. The zero-order valence-corrected chi connectivity index (χ0v) is 27.4. The molecule has 10 heteroatoms. The summed E-state index contributed by atoms with van der Waals surface area (Å²) in [5, 5.41) is 3.14. The highest BCUT2D eigenvalue weighted by Gasteiger charge is 2.35. The number of amides is 2. The number of methoxy groups -OCH3 is 1. The number of carbonyl (C=O) groups is 2. The van der Waals surface area contributed by atoms with E-state index in [1.165, 1.54) is 30.2 Å². The maximum absolute atomic E-state index is 14.6. The number of hydrogen-bond acceptors (Lipinski definition) is 5. The highest BCUT2D eigenvalue weighted by atomic mass is 35.5. The SMILES string of the molecule is CCNC(=O)C(Cc1ccccc1)N(Cc1ccccc1C)C(=O)CN(c1cc(Cl)ccc1OC)S(=O)(=O)c1ccc(C)cc1. The monoisotopic (exact) mass is 647 g/mol. The molecule has 0 aromatic heterocycles. The van der Waals surface area contributed by atoms with E-state index in [1.54, 1.807) is 24.3 Å². The molecule has 0 aliphatic rings. The Balaban J connectivity index is 1.85. The highest BCUT2D eigenvalue weighted by molar-refractivity contribution is 7.92. The van der Waals surface area contributed by atoms with Gasteiger partial charge in [-0.15, -0.1) is 0 Å². The van der Waals surface area contributed by atoms with Gasteiger partial charge in [0.2, 0.25) is 11.8 Å². The first-order valence-electron chi connectivity index (χ1n) is 14.6. The number of benzene rings is 4. The van der Waals surface area contributed by atoms with E-state index >= 15 is 0 Å². The number of aryl methyl sites for hydroxylation is 2. The Morgan fingerprint density at radius 2 is 1.58 bits per heavy atom. The summed E-state index contributed by atoms with van der Waals surface area (Å²) < 4.78 is 35.1. The zero-order chi connectivity index (χ0) is 32.6. The maximum atomic E-state index is 14.6. The summed E-state index contributed by atoms with van der Waals surface area (Å²) in [6, 6.07) is 27.1. The van der Waals surface area contributed by atoms with Crippen molar-refractivity contribution in [1.29, 1.82) is 0 Å². The lowest BCUT2D eigenvalue weighted by Gasteiger charge is -2.34. The molecular weight excluding hydrogens is 610 g/mol. The number of anilines is 1. The molecule has 236 valence electrons. The van der Waals surface area contributed by atoms with Gasteiger partial charge in [-0.25, -0.2) is 8.42 Å². The molecule has 4 rings (SSSR count). The van der Waals surface area contributed by atoms with Crippen LogP contribution in [0.4, 0.5) is 5.69 Å².